The number of benzene rings is 1. The van der Waals surface area contributed by atoms with Gasteiger partial charge in [0.25, 0.3) is 0 Å². The third-order valence-corrected chi connectivity index (χ3v) is 4.10. The van der Waals surface area contributed by atoms with Crippen LogP contribution in [0.1, 0.15) is 20.7 Å². The van der Waals surface area contributed by atoms with E-state index in [4.69, 9.17) is 14.2 Å². The van der Waals surface area contributed by atoms with Crippen molar-refractivity contribution < 1.29 is 19.0 Å². The van der Waals surface area contributed by atoms with Gasteiger partial charge in [0.15, 0.2) is 17.3 Å². The summed E-state index contributed by atoms with van der Waals surface area (Å²) in [5.74, 6) is 1.22. The van der Waals surface area contributed by atoms with E-state index in [9.17, 15) is 4.79 Å². The van der Waals surface area contributed by atoms with Gasteiger partial charge in [-0.3, -0.25) is 9.78 Å². The Hall–Kier alpha value is -2.08. The van der Waals surface area contributed by atoms with Gasteiger partial charge in [-0.15, -0.1) is 0 Å². The zero-order chi connectivity index (χ0) is 16.1. The number of rotatable bonds is 6. The van der Waals surface area contributed by atoms with Gasteiger partial charge < -0.3 is 14.2 Å². The molecule has 6 heteroatoms. The maximum Gasteiger partial charge on any atom is 0.203 e. The van der Waals surface area contributed by atoms with E-state index in [1.54, 1.807) is 30.6 Å². The van der Waals surface area contributed by atoms with Crippen molar-refractivity contribution in [2.75, 3.05) is 21.3 Å². The Kier molecular flexibility index (Phi) is 5.38. The molecule has 1 atom stereocenters. The Labute approximate surface area is 137 Å². The molecule has 5 nitrogen and oxygen atoms in total. The molecule has 2 rings (SSSR count). The van der Waals surface area contributed by atoms with Crippen LogP contribution in [0.2, 0.25) is 0 Å². The van der Waals surface area contributed by atoms with Gasteiger partial charge in [-0.05, 0) is 23.8 Å². The second-order valence-electron chi connectivity index (χ2n) is 4.43. The van der Waals surface area contributed by atoms with Crippen LogP contribution in [0.3, 0.4) is 0 Å². The molecule has 0 N–H and O–H groups in total. The van der Waals surface area contributed by atoms with Crippen molar-refractivity contribution in [3.63, 3.8) is 0 Å². The largest absolute Gasteiger partial charge is 0.493 e. The number of hydrogen-bond donors (Lipinski definition) is 0. The van der Waals surface area contributed by atoms with E-state index in [1.807, 2.05) is 6.07 Å². The van der Waals surface area contributed by atoms with Crippen LogP contribution in [0, 0.1) is 0 Å². The molecule has 0 saturated heterocycles. The Morgan fingerprint density at radius 2 is 1.77 bits per heavy atom. The highest BCUT2D eigenvalue weighted by molar-refractivity contribution is 9.09. The van der Waals surface area contributed by atoms with E-state index >= 15 is 0 Å². The monoisotopic (exact) mass is 365 g/mol. The molecule has 0 radical (unpaired) electrons. The summed E-state index contributed by atoms with van der Waals surface area (Å²) in [6.07, 6.45) is 3.31. The minimum absolute atomic E-state index is 0.118. The zero-order valence-corrected chi connectivity index (χ0v) is 14.1. The predicted molar refractivity (Wildman–Crippen MR) is 86.3 cm³/mol. The molecule has 1 aromatic carbocycles. The van der Waals surface area contributed by atoms with Crippen LogP contribution >= 0.6 is 15.9 Å². The first-order chi connectivity index (χ1) is 10.6. The Bertz CT molecular complexity index is 635. The number of ketones is 1. The highest BCUT2D eigenvalue weighted by atomic mass is 79.9. The van der Waals surface area contributed by atoms with Crippen molar-refractivity contribution >= 4 is 21.7 Å². The maximum absolute atomic E-state index is 12.7. The average Bonchev–Trinajstić information content (AvgIpc) is 2.59. The van der Waals surface area contributed by atoms with Gasteiger partial charge in [-0.2, -0.15) is 0 Å². The average molecular weight is 366 g/mol. The molecule has 1 heterocycles. The quantitative estimate of drug-likeness (QED) is 0.579. The topological polar surface area (TPSA) is 57.7 Å². The number of halogens is 1. The van der Waals surface area contributed by atoms with Crippen LogP contribution in [0.15, 0.2) is 36.7 Å². The molecule has 0 spiro atoms. The highest BCUT2D eigenvalue weighted by Gasteiger charge is 2.23. The lowest BCUT2D eigenvalue weighted by Crippen LogP contribution is -2.08. The first-order valence-electron chi connectivity index (χ1n) is 6.50. The summed E-state index contributed by atoms with van der Waals surface area (Å²) in [7, 11) is 4.54. The number of nitrogens with zero attached hydrogens (tertiary/aromatic N) is 1. The van der Waals surface area contributed by atoms with Crippen LogP contribution in [-0.2, 0) is 0 Å². The fraction of sp³-hybridized carbons (Fsp3) is 0.250. The Morgan fingerprint density at radius 1 is 1.14 bits per heavy atom. The molecule has 0 aliphatic rings. The molecule has 1 unspecified atom stereocenters. The van der Waals surface area contributed by atoms with Crippen LogP contribution in [-0.4, -0.2) is 32.1 Å². The van der Waals surface area contributed by atoms with Crippen molar-refractivity contribution in [1.82, 2.24) is 4.98 Å². The SMILES string of the molecule is COc1cc(C(=O)C(Br)c2cccnc2)cc(OC)c1OC. The van der Waals surface area contributed by atoms with Gasteiger partial charge in [0, 0.05) is 18.0 Å². The number of ether oxygens (including phenoxy) is 3. The molecule has 0 bridgehead atoms. The Morgan fingerprint density at radius 3 is 2.23 bits per heavy atom. The lowest BCUT2D eigenvalue weighted by Gasteiger charge is -2.15. The number of carbonyl (C=O) groups excluding carboxylic acids is 1. The molecule has 0 amide bonds. The Balaban J connectivity index is 2.41. The van der Waals surface area contributed by atoms with E-state index < -0.39 is 4.83 Å². The van der Waals surface area contributed by atoms with E-state index in [0.717, 1.165) is 5.56 Å². The van der Waals surface area contributed by atoms with E-state index in [-0.39, 0.29) is 5.78 Å². The van der Waals surface area contributed by atoms with Gasteiger partial charge >= 0.3 is 0 Å². The first kappa shape index (κ1) is 16.3. The molecule has 22 heavy (non-hydrogen) atoms. The highest BCUT2D eigenvalue weighted by Crippen LogP contribution is 2.39. The molecule has 1 aromatic heterocycles. The summed E-state index contributed by atoms with van der Waals surface area (Å²) in [5, 5.41) is 0. The van der Waals surface area contributed by atoms with E-state index in [0.29, 0.717) is 22.8 Å². The third-order valence-electron chi connectivity index (χ3n) is 3.16. The summed E-state index contributed by atoms with van der Waals surface area (Å²) in [6, 6.07) is 6.89. The second-order valence-corrected chi connectivity index (χ2v) is 5.34. The number of carbonyl (C=O) groups is 1. The molecular weight excluding hydrogens is 350 g/mol. The van der Waals surface area contributed by atoms with Gasteiger partial charge in [-0.25, -0.2) is 0 Å². The minimum Gasteiger partial charge on any atom is -0.493 e. The summed E-state index contributed by atoms with van der Waals surface area (Å²) in [4.78, 5) is 16.2. The van der Waals surface area contributed by atoms with Crippen LogP contribution in [0.4, 0.5) is 0 Å². The molecule has 0 aliphatic carbocycles. The second kappa shape index (κ2) is 7.26. The van der Waals surface area contributed by atoms with Gasteiger partial charge in [0.2, 0.25) is 5.75 Å². The first-order valence-corrected chi connectivity index (χ1v) is 7.42. The number of hydrogen-bond acceptors (Lipinski definition) is 5. The molecule has 2 aromatic rings. The lowest BCUT2D eigenvalue weighted by atomic mass is 10.0. The number of aromatic nitrogens is 1. The summed E-state index contributed by atoms with van der Waals surface area (Å²) in [5.41, 5.74) is 1.24. The smallest absolute Gasteiger partial charge is 0.203 e. The van der Waals surface area contributed by atoms with Crippen LogP contribution < -0.4 is 14.2 Å². The normalized spacial score (nSPS) is 11.6. The number of methoxy groups -OCH3 is 3. The van der Waals surface area contributed by atoms with Crippen molar-refractivity contribution in [1.29, 1.82) is 0 Å². The molecule has 0 aliphatic heterocycles. The van der Waals surface area contributed by atoms with Gasteiger partial charge in [-0.1, -0.05) is 22.0 Å². The van der Waals surface area contributed by atoms with Gasteiger partial charge in [0.1, 0.15) is 4.83 Å². The van der Waals surface area contributed by atoms with Gasteiger partial charge in [0.05, 0.1) is 21.3 Å². The minimum atomic E-state index is -0.496. The van der Waals surface area contributed by atoms with Crippen LogP contribution in [0.5, 0.6) is 17.2 Å². The molecule has 0 saturated carbocycles. The third kappa shape index (κ3) is 3.22. The predicted octanol–water partition coefficient (Wildman–Crippen LogP) is 3.43. The molecule has 116 valence electrons. The standard InChI is InChI=1S/C16H16BrNO4/c1-20-12-7-11(8-13(21-2)16(12)22-3)15(19)14(17)10-5-4-6-18-9-10/h4-9,14H,1-3H3. The zero-order valence-electron chi connectivity index (χ0n) is 12.5. The van der Waals surface area contributed by atoms with Crippen molar-refractivity contribution in [2.24, 2.45) is 0 Å². The summed E-state index contributed by atoms with van der Waals surface area (Å²) < 4.78 is 15.8. The molecule has 0 fully saturated rings. The van der Waals surface area contributed by atoms with Crippen LogP contribution in [0.25, 0.3) is 0 Å². The number of Topliss-reactive ketones (excluding diaryl/α,β-unsaturated/α-hetero) is 1. The fourth-order valence-electron chi connectivity index (χ4n) is 2.05. The van der Waals surface area contributed by atoms with E-state index in [2.05, 4.69) is 20.9 Å². The summed E-state index contributed by atoms with van der Waals surface area (Å²) >= 11 is 3.41. The summed E-state index contributed by atoms with van der Waals surface area (Å²) in [6.45, 7) is 0. The van der Waals surface area contributed by atoms with Crippen molar-refractivity contribution in [3.8, 4) is 17.2 Å². The van der Waals surface area contributed by atoms with Crippen molar-refractivity contribution in [2.45, 2.75) is 4.83 Å². The molecular formula is C16H16BrNO4. The lowest BCUT2D eigenvalue weighted by molar-refractivity contribution is 0.0990. The fourth-order valence-corrected chi connectivity index (χ4v) is 2.58. The van der Waals surface area contributed by atoms with Crippen molar-refractivity contribution in [3.05, 3.63) is 47.8 Å². The maximum atomic E-state index is 12.7. The van der Waals surface area contributed by atoms with E-state index in [1.165, 1.54) is 21.3 Å². The number of pyridine rings is 1. The number of alkyl halides is 1.